The van der Waals surface area contributed by atoms with Crippen molar-refractivity contribution in [3.05, 3.63) is 22.9 Å². The van der Waals surface area contributed by atoms with Crippen LogP contribution in [0.5, 0.6) is 0 Å². The Morgan fingerprint density at radius 2 is 2.24 bits per heavy atom. The van der Waals surface area contributed by atoms with Crippen LogP contribution in [0.1, 0.15) is 20.8 Å². The zero-order valence-corrected chi connectivity index (χ0v) is 12.2. The monoisotopic (exact) mass is 297 g/mol. The van der Waals surface area contributed by atoms with Crippen molar-refractivity contribution in [2.24, 2.45) is 5.92 Å². The molecule has 4 heteroatoms. The number of halogens is 1. The summed E-state index contributed by atoms with van der Waals surface area (Å²) in [6, 6.07) is 3.23. The van der Waals surface area contributed by atoms with Crippen molar-refractivity contribution in [1.29, 1.82) is 0 Å². The van der Waals surface area contributed by atoms with E-state index in [1.807, 2.05) is 12.4 Å². The minimum Gasteiger partial charge on any atom is -0.364 e. The summed E-state index contributed by atoms with van der Waals surface area (Å²) < 4.78 is 1.05. The number of nitrogens with one attached hydrogen (secondary N) is 1. The van der Waals surface area contributed by atoms with Gasteiger partial charge in [-0.1, -0.05) is 13.8 Å². The van der Waals surface area contributed by atoms with Crippen molar-refractivity contribution in [3.63, 3.8) is 0 Å². The van der Waals surface area contributed by atoms with E-state index in [0.29, 0.717) is 18.0 Å². The van der Waals surface area contributed by atoms with E-state index in [1.54, 1.807) is 0 Å². The van der Waals surface area contributed by atoms with E-state index < -0.39 is 0 Å². The maximum Gasteiger partial charge on any atom is 0.0567 e. The van der Waals surface area contributed by atoms with Gasteiger partial charge in [-0.15, -0.1) is 0 Å². The molecule has 2 rings (SSSR count). The highest BCUT2D eigenvalue weighted by atomic mass is 79.9. The molecule has 1 aliphatic rings. The predicted molar refractivity (Wildman–Crippen MR) is 75.4 cm³/mol. The summed E-state index contributed by atoms with van der Waals surface area (Å²) in [5.74, 6) is 0.633. The highest BCUT2D eigenvalue weighted by molar-refractivity contribution is 9.10. The minimum atomic E-state index is 0.531. The lowest BCUT2D eigenvalue weighted by Crippen LogP contribution is -2.57. The minimum absolute atomic E-state index is 0.531. The molecule has 1 fully saturated rings. The normalized spacial score (nSPS) is 25.4. The average Bonchev–Trinajstić information content (AvgIpc) is 2.28. The molecule has 0 amide bonds. The maximum atomic E-state index is 4.27. The number of pyridine rings is 1. The van der Waals surface area contributed by atoms with Crippen LogP contribution in [0, 0.1) is 5.92 Å². The molecule has 94 valence electrons. The molecule has 17 heavy (non-hydrogen) atoms. The third-order valence-electron chi connectivity index (χ3n) is 3.34. The fourth-order valence-corrected chi connectivity index (χ4v) is 2.73. The van der Waals surface area contributed by atoms with E-state index in [-0.39, 0.29) is 0 Å². The standard InChI is InChI=1S/C13H20BrN3/c1-9(2)13-7-16-10(3)8-17(13)12-4-11(14)5-15-6-12/h4-6,9-10,13,16H,7-8H2,1-3H3. The highest BCUT2D eigenvalue weighted by Gasteiger charge is 2.28. The summed E-state index contributed by atoms with van der Waals surface area (Å²) in [7, 11) is 0. The SMILES string of the molecule is CC1CN(c2cncc(Br)c2)C(C(C)C)CN1. The van der Waals surface area contributed by atoms with Crippen LogP contribution in [-0.4, -0.2) is 30.2 Å². The fraction of sp³-hybridized carbons (Fsp3) is 0.615. The number of nitrogens with zero attached hydrogens (tertiary/aromatic N) is 2. The van der Waals surface area contributed by atoms with Crippen LogP contribution in [0.3, 0.4) is 0 Å². The first-order valence-corrected chi connectivity index (χ1v) is 6.98. The summed E-state index contributed by atoms with van der Waals surface area (Å²) in [5, 5.41) is 3.55. The molecule has 0 spiro atoms. The predicted octanol–water partition coefficient (Wildman–Crippen LogP) is 2.67. The number of hydrogen-bond acceptors (Lipinski definition) is 3. The van der Waals surface area contributed by atoms with Gasteiger partial charge in [0.2, 0.25) is 0 Å². The smallest absolute Gasteiger partial charge is 0.0567 e. The lowest BCUT2D eigenvalue weighted by molar-refractivity contribution is 0.349. The number of rotatable bonds is 2. The summed E-state index contributed by atoms with van der Waals surface area (Å²) in [4.78, 5) is 6.75. The van der Waals surface area contributed by atoms with Crippen LogP contribution in [-0.2, 0) is 0 Å². The van der Waals surface area contributed by atoms with Gasteiger partial charge in [0.05, 0.1) is 11.9 Å². The third-order valence-corrected chi connectivity index (χ3v) is 3.77. The van der Waals surface area contributed by atoms with E-state index in [9.17, 15) is 0 Å². The second-order valence-corrected chi connectivity index (χ2v) is 6.05. The van der Waals surface area contributed by atoms with Gasteiger partial charge in [-0.05, 0) is 34.8 Å². The Hall–Kier alpha value is -0.610. The van der Waals surface area contributed by atoms with E-state index >= 15 is 0 Å². The summed E-state index contributed by atoms with van der Waals surface area (Å²) in [6.07, 6.45) is 3.79. The molecule has 0 saturated carbocycles. The van der Waals surface area contributed by atoms with Crippen LogP contribution in [0.15, 0.2) is 22.9 Å². The molecule has 2 unspecified atom stereocenters. The van der Waals surface area contributed by atoms with E-state index in [1.165, 1.54) is 5.69 Å². The molecular weight excluding hydrogens is 278 g/mol. The van der Waals surface area contributed by atoms with Gasteiger partial charge >= 0.3 is 0 Å². The second-order valence-electron chi connectivity index (χ2n) is 5.13. The number of piperazine rings is 1. The van der Waals surface area contributed by atoms with Crippen molar-refractivity contribution in [1.82, 2.24) is 10.3 Å². The molecule has 0 aromatic carbocycles. The Kier molecular flexibility index (Phi) is 4.05. The van der Waals surface area contributed by atoms with Gasteiger partial charge in [-0.25, -0.2) is 0 Å². The highest BCUT2D eigenvalue weighted by Crippen LogP contribution is 2.25. The van der Waals surface area contributed by atoms with Crippen LogP contribution in [0.2, 0.25) is 0 Å². The summed E-state index contributed by atoms with van der Waals surface area (Å²) in [5.41, 5.74) is 1.21. The maximum absolute atomic E-state index is 4.27. The van der Waals surface area contributed by atoms with Crippen LogP contribution in [0.25, 0.3) is 0 Å². The van der Waals surface area contributed by atoms with Crippen LogP contribution >= 0.6 is 15.9 Å². The quantitative estimate of drug-likeness (QED) is 0.910. The van der Waals surface area contributed by atoms with Crippen molar-refractivity contribution in [2.45, 2.75) is 32.9 Å². The van der Waals surface area contributed by atoms with Crippen molar-refractivity contribution < 1.29 is 0 Å². The van der Waals surface area contributed by atoms with Crippen molar-refractivity contribution in [3.8, 4) is 0 Å². The molecule has 1 aromatic heterocycles. The Labute approximate surface area is 112 Å². The Morgan fingerprint density at radius 3 is 2.88 bits per heavy atom. The second kappa shape index (κ2) is 5.36. The molecular formula is C13H20BrN3. The Bertz CT molecular complexity index is 381. The first-order chi connectivity index (χ1) is 8.08. The van der Waals surface area contributed by atoms with E-state index in [2.05, 4.69) is 58.0 Å². The first-order valence-electron chi connectivity index (χ1n) is 6.18. The zero-order chi connectivity index (χ0) is 12.4. The van der Waals surface area contributed by atoms with Gasteiger partial charge < -0.3 is 10.2 Å². The van der Waals surface area contributed by atoms with Gasteiger partial charge in [0.15, 0.2) is 0 Å². The number of aromatic nitrogens is 1. The van der Waals surface area contributed by atoms with Gasteiger partial charge in [-0.2, -0.15) is 0 Å². The lowest BCUT2D eigenvalue weighted by Gasteiger charge is -2.43. The fourth-order valence-electron chi connectivity index (χ4n) is 2.38. The van der Waals surface area contributed by atoms with Gasteiger partial charge in [0, 0.05) is 35.8 Å². The molecule has 2 heterocycles. The molecule has 1 aromatic rings. The van der Waals surface area contributed by atoms with Gasteiger partial charge in [-0.3, -0.25) is 4.98 Å². The Morgan fingerprint density at radius 1 is 1.47 bits per heavy atom. The third kappa shape index (κ3) is 2.99. The average molecular weight is 298 g/mol. The molecule has 1 N–H and O–H groups in total. The molecule has 1 saturated heterocycles. The van der Waals surface area contributed by atoms with Gasteiger partial charge in [0.1, 0.15) is 0 Å². The van der Waals surface area contributed by atoms with E-state index in [0.717, 1.165) is 17.6 Å². The summed E-state index contributed by atoms with van der Waals surface area (Å²) in [6.45, 7) is 8.88. The Balaban J connectivity index is 2.25. The number of anilines is 1. The van der Waals surface area contributed by atoms with Crippen molar-refractivity contribution in [2.75, 3.05) is 18.0 Å². The topological polar surface area (TPSA) is 28.2 Å². The number of hydrogen-bond donors (Lipinski definition) is 1. The first kappa shape index (κ1) is 12.8. The summed E-state index contributed by atoms with van der Waals surface area (Å²) >= 11 is 3.50. The zero-order valence-electron chi connectivity index (χ0n) is 10.7. The van der Waals surface area contributed by atoms with Gasteiger partial charge in [0.25, 0.3) is 0 Å². The molecule has 2 atom stereocenters. The molecule has 3 nitrogen and oxygen atoms in total. The molecule has 0 aliphatic carbocycles. The van der Waals surface area contributed by atoms with Crippen LogP contribution in [0.4, 0.5) is 5.69 Å². The largest absolute Gasteiger partial charge is 0.364 e. The molecule has 1 aliphatic heterocycles. The van der Waals surface area contributed by atoms with E-state index in [4.69, 9.17) is 0 Å². The van der Waals surface area contributed by atoms with Crippen LogP contribution < -0.4 is 10.2 Å². The van der Waals surface area contributed by atoms with Crippen molar-refractivity contribution >= 4 is 21.6 Å². The molecule has 0 radical (unpaired) electrons. The lowest BCUT2D eigenvalue weighted by atomic mass is 9.98. The molecule has 0 bridgehead atoms.